The third kappa shape index (κ3) is 2.95. The minimum Gasteiger partial charge on any atom is -0.481 e. The summed E-state index contributed by atoms with van der Waals surface area (Å²) in [5.74, 6) is -1.05. The molecule has 94 valence electrons. The van der Waals surface area contributed by atoms with Crippen molar-refractivity contribution in [3.05, 3.63) is 0 Å². The second-order valence-electron chi connectivity index (χ2n) is 4.77. The molecule has 0 saturated carbocycles. The highest BCUT2D eigenvalue weighted by Crippen LogP contribution is 2.21. The maximum Gasteiger partial charge on any atom is 0.307 e. The Hall–Kier alpha value is -0.610. The summed E-state index contributed by atoms with van der Waals surface area (Å²) in [5, 5.41) is 9.05. The van der Waals surface area contributed by atoms with E-state index in [1.807, 2.05) is 13.8 Å². The van der Waals surface area contributed by atoms with Crippen LogP contribution in [-0.4, -0.2) is 47.3 Å². The Kier molecular flexibility index (Phi) is 4.74. The van der Waals surface area contributed by atoms with E-state index >= 15 is 0 Å². The van der Waals surface area contributed by atoms with E-state index in [2.05, 4.69) is 11.8 Å². The second kappa shape index (κ2) is 5.64. The molecule has 1 N–H and O–H groups in total. The van der Waals surface area contributed by atoms with Gasteiger partial charge in [-0.15, -0.1) is 0 Å². The van der Waals surface area contributed by atoms with Gasteiger partial charge in [0.1, 0.15) is 0 Å². The minimum absolute atomic E-state index is 0.0637. The van der Waals surface area contributed by atoms with Gasteiger partial charge in [-0.1, -0.05) is 13.8 Å². The van der Waals surface area contributed by atoms with Crippen LogP contribution in [0, 0.1) is 5.92 Å². The fourth-order valence-corrected chi connectivity index (χ4v) is 2.21. The molecule has 0 aromatic carbocycles. The fourth-order valence-electron chi connectivity index (χ4n) is 2.21. The first-order chi connectivity index (χ1) is 7.47. The number of carbonyl (C=O) groups is 1. The molecule has 4 atom stereocenters. The number of rotatable bonds is 4. The zero-order chi connectivity index (χ0) is 12.3. The molecule has 0 aliphatic carbocycles. The van der Waals surface area contributed by atoms with E-state index in [4.69, 9.17) is 9.84 Å². The largest absolute Gasteiger partial charge is 0.481 e. The van der Waals surface area contributed by atoms with Crippen LogP contribution >= 0.6 is 0 Å². The van der Waals surface area contributed by atoms with Crippen molar-refractivity contribution in [3.63, 3.8) is 0 Å². The van der Waals surface area contributed by atoms with Gasteiger partial charge in [-0.2, -0.15) is 0 Å². The van der Waals surface area contributed by atoms with Crippen LogP contribution in [0.3, 0.4) is 0 Å². The summed E-state index contributed by atoms with van der Waals surface area (Å²) < 4.78 is 5.61. The summed E-state index contributed by atoms with van der Waals surface area (Å²) in [6, 6.07) is 0.418. The Balaban J connectivity index is 2.69. The van der Waals surface area contributed by atoms with Crippen molar-refractivity contribution in [1.82, 2.24) is 4.90 Å². The quantitative estimate of drug-likeness (QED) is 0.795. The highest BCUT2D eigenvalue weighted by molar-refractivity contribution is 5.70. The molecule has 4 heteroatoms. The molecular weight excluding hydrogens is 206 g/mol. The predicted octanol–water partition coefficient (Wildman–Crippen LogP) is 1.59. The average Bonchev–Trinajstić information content (AvgIpc) is 2.26. The van der Waals surface area contributed by atoms with E-state index in [-0.39, 0.29) is 18.1 Å². The van der Waals surface area contributed by atoms with Gasteiger partial charge in [0, 0.05) is 18.6 Å². The van der Waals surface area contributed by atoms with Gasteiger partial charge >= 0.3 is 5.97 Å². The van der Waals surface area contributed by atoms with Gasteiger partial charge in [0.25, 0.3) is 0 Å². The highest BCUT2D eigenvalue weighted by Gasteiger charge is 2.33. The van der Waals surface area contributed by atoms with E-state index in [0.717, 1.165) is 13.0 Å². The summed E-state index contributed by atoms with van der Waals surface area (Å²) in [6.07, 6.45) is 1.20. The normalized spacial score (nSPS) is 31.0. The number of ether oxygens (including phenoxy) is 1. The molecule has 0 aromatic heterocycles. The molecule has 16 heavy (non-hydrogen) atoms. The fraction of sp³-hybridized carbons (Fsp3) is 0.917. The zero-order valence-electron chi connectivity index (χ0n) is 10.6. The van der Waals surface area contributed by atoms with E-state index in [0.29, 0.717) is 12.6 Å². The molecule has 0 aromatic rings. The molecule has 0 amide bonds. The monoisotopic (exact) mass is 229 g/mol. The van der Waals surface area contributed by atoms with Crippen molar-refractivity contribution in [2.75, 3.05) is 13.2 Å². The second-order valence-corrected chi connectivity index (χ2v) is 4.77. The Morgan fingerprint density at radius 1 is 1.56 bits per heavy atom. The van der Waals surface area contributed by atoms with E-state index in [1.54, 1.807) is 6.92 Å². The van der Waals surface area contributed by atoms with Crippen LogP contribution < -0.4 is 0 Å². The number of aliphatic carboxylic acids is 1. The number of nitrogens with zero attached hydrogens (tertiary/aromatic N) is 1. The van der Waals surface area contributed by atoms with Crippen LogP contribution in [0.5, 0.6) is 0 Å². The smallest absolute Gasteiger partial charge is 0.307 e. The lowest BCUT2D eigenvalue weighted by Crippen LogP contribution is -2.54. The first-order valence-corrected chi connectivity index (χ1v) is 6.07. The van der Waals surface area contributed by atoms with Gasteiger partial charge in [-0.3, -0.25) is 9.69 Å². The van der Waals surface area contributed by atoms with Gasteiger partial charge in [0.2, 0.25) is 0 Å². The van der Waals surface area contributed by atoms with Crippen LogP contribution in [0.2, 0.25) is 0 Å². The SMILES string of the molecule is CCC1COC(C)CN1C(C)C(C)C(=O)O. The Bertz CT molecular complexity index is 244. The zero-order valence-corrected chi connectivity index (χ0v) is 10.6. The number of morpholine rings is 1. The summed E-state index contributed by atoms with van der Waals surface area (Å²) >= 11 is 0. The molecule has 0 radical (unpaired) electrons. The maximum absolute atomic E-state index is 11.0. The van der Waals surface area contributed by atoms with Crippen molar-refractivity contribution in [1.29, 1.82) is 0 Å². The molecule has 1 heterocycles. The molecule has 0 spiro atoms. The first-order valence-electron chi connectivity index (χ1n) is 6.07. The first kappa shape index (κ1) is 13.5. The highest BCUT2D eigenvalue weighted by atomic mass is 16.5. The van der Waals surface area contributed by atoms with Gasteiger partial charge in [-0.25, -0.2) is 0 Å². The molecule has 1 saturated heterocycles. The van der Waals surface area contributed by atoms with Crippen molar-refractivity contribution in [2.24, 2.45) is 5.92 Å². The van der Waals surface area contributed by atoms with Gasteiger partial charge < -0.3 is 9.84 Å². The minimum atomic E-state index is -0.721. The van der Waals surface area contributed by atoms with Crippen LogP contribution in [0.25, 0.3) is 0 Å². The summed E-state index contributed by atoms with van der Waals surface area (Å²) in [6.45, 7) is 9.48. The molecule has 1 aliphatic heterocycles. The van der Waals surface area contributed by atoms with Gasteiger partial charge in [0.15, 0.2) is 0 Å². The molecule has 1 fully saturated rings. The van der Waals surface area contributed by atoms with Gasteiger partial charge in [0.05, 0.1) is 18.6 Å². The molecule has 0 bridgehead atoms. The topological polar surface area (TPSA) is 49.8 Å². The molecular formula is C12H23NO3. The Morgan fingerprint density at radius 3 is 2.69 bits per heavy atom. The van der Waals surface area contributed by atoms with Crippen molar-refractivity contribution in [2.45, 2.75) is 52.3 Å². The van der Waals surface area contributed by atoms with E-state index in [9.17, 15) is 4.79 Å². The Labute approximate surface area is 97.6 Å². The van der Waals surface area contributed by atoms with Crippen molar-refractivity contribution < 1.29 is 14.6 Å². The van der Waals surface area contributed by atoms with E-state index in [1.165, 1.54) is 0 Å². The van der Waals surface area contributed by atoms with Crippen molar-refractivity contribution >= 4 is 5.97 Å². The van der Waals surface area contributed by atoms with Gasteiger partial charge in [-0.05, 0) is 20.3 Å². The number of carboxylic acid groups (broad SMARTS) is 1. The van der Waals surface area contributed by atoms with Crippen LogP contribution in [0.1, 0.15) is 34.1 Å². The Morgan fingerprint density at radius 2 is 2.19 bits per heavy atom. The summed E-state index contributed by atoms with van der Waals surface area (Å²) in [7, 11) is 0. The summed E-state index contributed by atoms with van der Waals surface area (Å²) in [5.41, 5.74) is 0. The molecule has 1 aliphatic rings. The van der Waals surface area contributed by atoms with Crippen molar-refractivity contribution in [3.8, 4) is 0 Å². The third-order valence-corrected chi connectivity index (χ3v) is 3.62. The molecule has 4 unspecified atom stereocenters. The molecule has 1 rings (SSSR count). The predicted molar refractivity (Wildman–Crippen MR) is 62.5 cm³/mol. The lowest BCUT2D eigenvalue weighted by Gasteiger charge is -2.43. The van der Waals surface area contributed by atoms with Crippen LogP contribution in [0.15, 0.2) is 0 Å². The third-order valence-electron chi connectivity index (χ3n) is 3.62. The standard InChI is InChI=1S/C12H23NO3/c1-5-11-7-16-8(2)6-13(11)10(4)9(3)12(14)15/h8-11H,5-7H2,1-4H3,(H,14,15). The lowest BCUT2D eigenvalue weighted by molar-refractivity contribution is -0.146. The van der Waals surface area contributed by atoms with E-state index < -0.39 is 5.97 Å². The number of hydrogen-bond donors (Lipinski definition) is 1. The van der Waals surface area contributed by atoms with Crippen LogP contribution in [-0.2, 0) is 9.53 Å². The number of hydrogen-bond acceptors (Lipinski definition) is 3. The summed E-state index contributed by atoms with van der Waals surface area (Å²) in [4.78, 5) is 13.3. The average molecular weight is 229 g/mol. The number of carboxylic acids is 1. The lowest BCUT2D eigenvalue weighted by atomic mass is 9.98. The molecule has 4 nitrogen and oxygen atoms in total. The van der Waals surface area contributed by atoms with Crippen LogP contribution in [0.4, 0.5) is 0 Å². The maximum atomic E-state index is 11.0.